The standard InChI is InChI=1S/2C3H7NO5S2.2Na.3H2O/c2*4-2(3(5)6)1-10-11(7,8)9;;;;;/h2*2H,1,4H2,(H,5,6)(H,7,8,9);;;3*1H2/t2*2-;;;;;/m00...../s1. The Balaban J connectivity index is -0.0000000500. The number of nitrogens with two attached hydrogens (primary N) is 2. The van der Waals surface area contributed by atoms with Crippen LogP contribution in [0.5, 0.6) is 0 Å². The summed E-state index contributed by atoms with van der Waals surface area (Å²) in [5.41, 5.74) is 9.86. The van der Waals surface area contributed by atoms with Crippen LogP contribution < -0.4 is 11.5 Å². The maximum absolute atomic E-state index is 10.0. The third-order valence-corrected chi connectivity index (χ3v) is 5.62. The van der Waals surface area contributed by atoms with E-state index in [0.717, 1.165) is 0 Å². The summed E-state index contributed by atoms with van der Waals surface area (Å²) in [4.78, 5) is 20.0. The van der Waals surface area contributed by atoms with Gasteiger partial charge in [0.1, 0.15) is 12.1 Å². The molecule has 158 valence electrons. The van der Waals surface area contributed by atoms with Gasteiger partial charge in [0.05, 0.1) is 0 Å². The first kappa shape index (κ1) is 46.5. The largest absolute Gasteiger partial charge is 0.480 e. The van der Waals surface area contributed by atoms with Gasteiger partial charge in [-0.3, -0.25) is 18.7 Å². The summed E-state index contributed by atoms with van der Waals surface area (Å²) in [6, 6.07) is -2.55. The van der Waals surface area contributed by atoms with Crippen molar-refractivity contribution in [2.24, 2.45) is 11.5 Å². The first-order chi connectivity index (χ1) is 9.65. The molecule has 0 heterocycles. The zero-order chi connectivity index (χ0) is 18.1. The molecule has 2 radical (unpaired) electrons. The van der Waals surface area contributed by atoms with E-state index in [1.807, 2.05) is 0 Å². The first-order valence-electron chi connectivity index (χ1n) is 4.86. The van der Waals surface area contributed by atoms with Crippen LogP contribution in [0.4, 0.5) is 0 Å². The van der Waals surface area contributed by atoms with E-state index >= 15 is 0 Å². The van der Waals surface area contributed by atoms with Gasteiger partial charge in [0.15, 0.2) is 0 Å². The average Bonchev–Trinajstić information content (AvgIpc) is 2.31. The molecule has 0 spiro atoms. The Kier molecular flexibility index (Phi) is 37.8. The minimum absolute atomic E-state index is 0. The van der Waals surface area contributed by atoms with Gasteiger partial charge in [-0.15, -0.1) is 0 Å². The number of rotatable bonds is 8. The fourth-order valence-electron chi connectivity index (χ4n) is 0.461. The second-order valence-corrected chi connectivity index (χ2v) is 10.1. The average molecular weight is 502 g/mol. The minimum Gasteiger partial charge on any atom is -0.480 e. The van der Waals surface area contributed by atoms with Crippen molar-refractivity contribution in [1.29, 1.82) is 0 Å². The molecule has 0 aliphatic rings. The molecular formula is C6H20N2Na2O13S4. The third-order valence-electron chi connectivity index (χ3n) is 1.43. The zero-order valence-electron chi connectivity index (χ0n) is 14.1. The smallest absolute Gasteiger partial charge is 0.321 e. The third kappa shape index (κ3) is 38.5. The maximum atomic E-state index is 10.0. The monoisotopic (exact) mass is 502 g/mol. The van der Waals surface area contributed by atoms with E-state index in [0.29, 0.717) is 0 Å². The zero-order valence-corrected chi connectivity index (χ0v) is 21.4. The molecule has 0 bridgehead atoms. The number of carboxylic acid groups (broad SMARTS) is 2. The van der Waals surface area contributed by atoms with E-state index in [2.05, 4.69) is 0 Å². The van der Waals surface area contributed by atoms with E-state index in [1.165, 1.54) is 0 Å². The SMILES string of the molecule is N[C@@H](CSS(=O)(=O)O)C(=O)O.N[C@@H](CSS(=O)(=O)O)C(=O)O.O.O.O.[Na].[Na]. The van der Waals surface area contributed by atoms with Crippen molar-refractivity contribution in [3.05, 3.63) is 0 Å². The van der Waals surface area contributed by atoms with Gasteiger partial charge in [0, 0.05) is 70.6 Å². The molecule has 0 aromatic rings. The normalized spacial score (nSPS) is 11.7. The van der Waals surface area contributed by atoms with Gasteiger partial charge in [-0.05, 0) is 21.6 Å². The number of carboxylic acids is 2. The minimum atomic E-state index is -4.18. The summed E-state index contributed by atoms with van der Waals surface area (Å²) in [5, 5.41) is 16.3. The molecule has 21 heteroatoms. The van der Waals surface area contributed by atoms with Gasteiger partial charge in [0.2, 0.25) is 0 Å². The van der Waals surface area contributed by atoms with Crippen molar-refractivity contribution in [3.63, 3.8) is 0 Å². The molecular weight excluding hydrogens is 482 g/mol. The summed E-state index contributed by atoms with van der Waals surface area (Å²) in [6.07, 6.45) is 0. The molecule has 0 fully saturated rings. The molecule has 0 aromatic heterocycles. The number of hydrogen-bond donors (Lipinski definition) is 6. The molecule has 0 saturated heterocycles. The van der Waals surface area contributed by atoms with Crippen molar-refractivity contribution in [1.82, 2.24) is 0 Å². The van der Waals surface area contributed by atoms with Crippen LogP contribution in [0, 0.1) is 0 Å². The summed E-state index contributed by atoms with van der Waals surface area (Å²) in [5.74, 6) is -3.34. The maximum Gasteiger partial charge on any atom is 0.321 e. The summed E-state index contributed by atoms with van der Waals surface area (Å²) in [7, 11) is -8.17. The molecule has 0 saturated carbocycles. The molecule has 0 aliphatic heterocycles. The Hall–Kier alpha value is 1.26. The quantitative estimate of drug-likeness (QED) is 0.102. The van der Waals surface area contributed by atoms with Crippen LogP contribution in [0.1, 0.15) is 0 Å². The Morgan fingerprint density at radius 1 is 0.741 bits per heavy atom. The second-order valence-electron chi connectivity index (χ2n) is 3.31. The molecule has 15 nitrogen and oxygen atoms in total. The van der Waals surface area contributed by atoms with Gasteiger partial charge in [-0.1, -0.05) is 0 Å². The van der Waals surface area contributed by atoms with Crippen LogP contribution in [0.15, 0.2) is 0 Å². The molecule has 0 amide bonds. The summed E-state index contributed by atoms with van der Waals surface area (Å²) < 4.78 is 56.4. The van der Waals surface area contributed by atoms with Crippen LogP contribution >= 0.6 is 21.6 Å². The van der Waals surface area contributed by atoms with Crippen LogP contribution in [0.3, 0.4) is 0 Å². The predicted octanol–water partition coefficient (Wildman–Crippen LogP) is -5.37. The van der Waals surface area contributed by atoms with Gasteiger partial charge in [-0.2, -0.15) is 16.8 Å². The van der Waals surface area contributed by atoms with Gasteiger partial charge in [-0.25, -0.2) is 0 Å². The molecule has 27 heavy (non-hydrogen) atoms. The molecule has 0 aliphatic carbocycles. The summed E-state index contributed by atoms with van der Waals surface area (Å²) in [6.45, 7) is 0. The van der Waals surface area contributed by atoms with Crippen LogP contribution in [-0.4, -0.2) is 147 Å². The van der Waals surface area contributed by atoms with Crippen LogP contribution in [-0.2, 0) is 27.9 Å². The Bertz CT molecular complexity index is 534. The fourth-order valence-corrected chi connectivity index (χ4v) is 3.29. The molecule has 0 rings (SSSR count). The number of aliphatic carboxylic acids is 2. The van der Waals surface area contributed by atoms with Crippen LogP contribution in [0.25, 0.3) is 0 Å². The van der Waals surface area contributed by atoms with Gasteiger partial charge >= 0.3 is 30.2 Å². The number of hydrogen-bond acceptors (Lipinski definition) is 10. The fraction of sp³-hybridized carbons (Fsp3) is 0.667. The van der Waals surface area contributed by atoms with Crippen molar-refractivity contribution in [2.45, 2.75) is 12.1 Å². The molecule has 0 aromatic carbocycles. The van der Waals surface area contributed by atoms with Crippen molar-refractivity contribution < 1.29 is 62.2 Å². The van der Waals surface area contributed by atoms with Gasteiger partial charge in [0.25, 0.3) is 0 Å². The molecule has 0 unspecified atom stereocenters. The summed E-state index contributed by atoms with van der Waals surface area (Å²) >= 11 is 0. The topological polar surface area (TPSA) is 330 Å². The van der Waals surface area contributed by atoms with Crippen molar-refractivity contribution in [3.8, 4) is 0 Å². The Labute approximate surface area is 206 Å². The first-order valence-corrected chi connectivity index (χ1v) is 10.7. The van der Waals surface area contributed by atoms with E-state index in [-0.39, 0.29) is 109 Å². The van der Waals surface area contributed by atoms with E-state index in [4.69, 9.17) is 30.8 Å². The Morgan fingerprint density at radius 3 is 1.04 bits per heavy atom. The molecule has 14 N–H and O–H groups in total. The number of carbonyl (C=O) groups is 2. The predicted molar refractivity (Wildman–Crippen MR) is 102 cm³/mol. The molecule has 2 atom stereocenters. The second kappa shape index (κ2) is 22.0. The van der Waals surface area contributed by atoms with E-state index in [9.17, 15) is 26.4 Å². The Morgan fingerprint density at radius 2 is 0.926 bits per heavy atom. The van der Waals surface area contributed by atoms with E-state index in [1.54, 1.807) is 0 Å². The van der Waals surface area contributed by atoms with Crippen LogP contribution in [0.2, 0.25) is 0 Å². The van der Waals surface area contributed by atoms with Gasteiger partial charge < -0.3 is 38.1 Å². The van der Waals surface area contributed by atoms with E-state index < -0.39 is 42.3 Å². The van der Waals surface area contributed by atoms with Crippen molar-refractivity contribution >= 4 is 111 Å². The van der Waals surface area contributed by atoms with Crippen molar-refractivity contribution in [2.75, 3.05) is 11.5 Å².